The highest BCUT2D eigenvalue weighted by atomic mass is 35.5. The number of benzene rings is 2. The number of aromatic hydroxyl groups is 1. The first-order valence-electron chi connectivity index (χ1n) is 6.14. The molecule has 0 aliphatic heterocycles. The molecule has 0 bridgehead atoms. The predicted molar refractivity (Wildman–Crippen MR) is 83.9 cm³/mol. The van der Waals surface area contributed by atoms with Crippen LogP contribution in [0, 0.1) is 0 Å². The fourth-order valence-corrected chi connectivity index (χ4v) is 1.89. The fraction of sp³-hybridized carbons (Fsp3) is 0.133. The first-order valence-corrected chi connectivity index (χ1v) is 6.52. The molecule has 0 fully saturated rings. The molecule has 0 atom stereocenters. The monoisotopic (exact) mass is 306 g/mol. The van der Waals surface area contributed by atoms with Gasteiger partial charge in [-0.1, -0.05) is 23.7 Å². The number of halogens is 1. The summed E-state index contributed by atoms with van der Waals surface area (Å²) in [7, 11) is 2.94. The van der Waals surface area contributed by atoms with Crippen molar-refractivity contribution in [3.05, 3.63) is 47.0 Å². The summed E-state index contributed by atoms with van der Waals surface area (Å²) in [5, 5.41) is 14.5. The molecule has 2 N–H and O–H groups in total. The first-order chi connectivity index (χ1) is 10.2. The Morgan fingerprint density at radius 3 is 2.33 bits per heavy atom. The van der Waals surface area contributed by atoms with E-state index in [1.165, 1.54) is 14.2 Å². The van der Waals surface area contributed by atoms with Gasteiger partial charge in [0.25, 0.3) is 0 Å². The van der Waals surface area contributed by atoms with E-state index in [1.54, 1.807) is 24.4 Å². The largest absolute Gasteiger partial charge is 0.502 e. The average Bonchev–Trinajstić information content (AvgIpc) is 2.50. The van der Waals surface area contributed by atoms with Crippen molar-refractivity contribution in [3.8, 4) is 17.2 Å². The van der Waals surface area contributed by atoms with Gasteiger partial charge in [-0.3, -0.25) is 5.43 Å². The van der Waals surface area contributed by atoms with E-state index in [0.29, 0.717) is 27.8 Å². The average molecular weight is 307 g/mol. The van der Waals surface area contributed by atoms with Gasteiger partial charge in [0.1, 0.15) is 0 Å². The number of phenols is 1. The SMILES string of the molecule is COc1cc(C=NNc2ccccc2Cl)cc(OC)c1O. The molecule has 6 heteroatoms. The molecule has 2 rings (SSSR count). The van der Waals surface area contributed by atoms with Gasteiger partial charge < -0.3 is 14.6 Å². The molecule has 0 aliphatic rings. The quantitative estimate of drug-likeness (QED) is 0.655. The number of hydrazone groups is 1. The Morgan fingerprint density at radius 1 is 1.14 bits per heavy atom. The smallest absolute Gasteiger partial charge is 0.200 e. The summed E-state index contributed by atoms with van der Waals surface area (Å²) >= 11 is 6.01. The van der Waals surface area contributed by atoms with Crippen molar-refractivity contribution in [3.63, 3.8) is 0 Å². The predicted octanol–water partition coefficient (Wildman–Crippen LogP) is 3.51. The molecule has 0 amide bonds. The van der Waals surface area contributed by atoms with Crippen LogP contribution in [-0.4, -0.2) is 25.5 Å². The molecule has 0 aromatic heterocycles. The molecular formula is C15H15ClN2O3. The van der Waals surface area contributed by atoms with Crippen molar-refractivity contribution in [1.82, 2.24) is 0 Å². The van der Waals surface area contributed by atoms with E-state index in [4.69, 9.17) is 21.1 Å². The Bertz CT molecular complexity index is 634. The molecule has 110 valence electrons. The molecule has 0 heterocycles. The number of anilines is 1. The molecule has 5 nitrogen and oxygen atoms in total. The van der Waals surface area contributed by atoms with Crippen molar-refractivity contribution in [1.29, 1.82) is 0 Å². The minimum Gasteiger partial charge on any atom is -0.502 e. The second kappa shape index (κ2) is 6.85. The molecule has 0 saturated heterocycles. The second-order valence-electron chi connectivity index (χ2n) is 4.12. The summed E-state index contributed by atoms with van der Waals surface area (Å²) in [6, 6.07) is 10.6. The van der Waals surface area contributed by atoms with Gasteiger partial charge >= 0.3 is 0 Å². The number of hydrogen-bond donors (Lipinski definition) is 2. The number of methoxy groups -OCH3 is 2. The van der Waals surface area contributed by atoms with Gasteiger partial charge in [-0.05, 0) is 24.3 Å². The second-order valence-corrected chi connectivity index (χ2v) is 4.53. The first kappa shape index (κ1) is 15.0. The lowest BCUT2D eigenvalue weighted by atomic mass is 10.2. The maximum atomic E-state index is 9.83. The zero-order valence-corrected chi connectivity index (χ0v) is 12.4. The van der Waals surface area contributed by atoms with Crippen LogP contribution in [-0.2, 0) is 0 Å². The van der Waals surface area contributed by atoms with Crippen LogP contribution in [0.25, 0.3) is 0 Å². The van der Waals surface area contributed by atoms with E-state index in [-0.39, 0.29) is 5.75 Å². The van der Waals surface area contributed by atoms with E-state index in [1.807, 2.05) is 18.2 Å². The van der Waals surface area contributed by atoms with E-state index in [2.05, 4.69) is 10.5 Å². The van der Waals surface area contributed by atoms with Gasteiger partial charge in [-0.25, -0.2) is 0 Å². The maximum absolute atomic E-state index is 9.83. The van der Waals surface area contributed by atoms with Gasteiger partial charge in [-0.2, -0.15) is 5.10 Å². The highest BCUT2D eigenvalue weighted by molar-refractivity contribution is 6.33. The Labute approximate surface area is 127 Å². The molecule has 0 radical (unpaired) electrons. The highest BCUT2D eigenvalue weighted by Crippen LogP contribution is 2.36. The van der Waals surface area contributed by atoms with Crippen LogP contribution < -0.4 is 14.9 Å². The summed E-state index contributed by atoms with van der Waals surface area (Å²) in [5.41, 5.74) is 4.26. The van der Waals surface area contributed by atoms with Crippen molar-refractivity contribution >= 4 is 23.5 Å². The minimum atomic E-state index is -0.0452. The van der Waals surface area contributed by atoms with Crippen LogP contribution in [0.2, 0.25) is 5.02 Å². The van der Waals surface area contributed by atoms with Crippen LogP contribution in [0.5, 0.6) is 17.2 Å². The minimum absolute atomic E-state index is 0.0452. The lowest BCUT2D eigenvalue weighted by Gasteiger charge is -2.09. The summed E-state index contributed by atoms with van der Waals surface area (Å²) in [6.45, 7) is 0. The van der Waals surface area contributed by atoms with Crippen LogP contribution in [0.4, 0.5) is 5.69 Å². The Balaban J connectivity index is 2.19. The summed E-state index contributed by atoms with van der Waals surface area (Å²) in [6.07, 6.45) is 1.58. The molecule has 0 saturated carbocycles. The third kappa shape index (κ3) is 3.58. The zero-order valence-electron chi connectivity index (χ0n) is 11.6. The number of rotatable bonds is 5. The normalized spacial score (nSPS) is 10.6. The van der Waals surface area contributed by atoms with Crippen LogP contribution in [0.15, 0.2) is 41.5 Å². The third-order valence-electron chi connectivity index (χ3n) is 2.77. The number of nitrogens with zero attached hydrogens (tertiary/aromatic N) is 1. The van der Waals surface area contributed by atoms with E-state index in [0.717, 1.165) is 0 Å². The van der Waals surface area contributed by atoms with Crippen LogP contribution in [0.3, 0.4) is 0 Å². The number of para-hydroxylation sites is 1. The molecule has 21 heavy (non-hydrogen) atoms. The van der Waals surface area contributed by atoms with E-state index >= 15 is 0 Å². The van der Waals surface area contributed by atoms with Crippen molar-refractivity contribution in [2.45, 2.75) is 0 Å². The van der Waals surface area contributed by atoms with Crippen molar-refractivity contribution < 1.29 is 14.6 Å². The topological polar surface area (TPSA) is 63.1 Å². The zero-order chi connectivity index (χ0) is 15.2. The molecule has 0 spiro atoms. The number of hydrogen-bond acceptors (Lipinski definition) is 5. The molecule has 0 aliphatic carbocycles. The Kier molecular flexibility index (Phi) is 4.90. The van der Waals surface area contributed by atoms with Crippen LogP contribution in [0.1, 0.15) is 5.56 Å². The van der Waals surface area contributed by atoms with Crippen molar-refractivity contribution in [2.75, 3.05) is 19.6 Å². The summed E-state index contributed by atoms with van der Waals surface area (Å²) in [4.78, 5) is 0. The molecular weight excluding hydrogens is 292 g/mol. The van der Waals surface area contributed by atoms with Gasteiger partial charge in [0, 0.05) is 5.56 Å². The number of phenolic OH excluding ortho intramolecular Hbond substituents is 1. The third-order valence-corrected chi connectivity index (χ3v) is 3.10. The van der Waals surface area contributed by atoms with E-state index < -0.39 is 0 Å². The van der Waals surface area contributed by atoms with Crippen LogP contribution >= 0.6 is 11.6 Å². The van der Waals surface area contributed by atoms with Gasteiger partial charge in [0.2, 0.25) is 5.75 Å². The van der Waals surface area contributed by atoms with Gasteiger partial charge in [0.05, 0.1) is 31.1 Å². The van der Waals surface area contributed by atoms with Crippen molar-refractivity contribution in [2.24, 2.45) is 5.10 Å². The standard InChI is InChI=1S/C15H15ClN2O3/c1-20-13-7-10(8-14(21-2)15(13)19)9-17-18-12-6-4-3-5-11(12)16/h3-9,18-19H,1-2H3. The lowest BCUT2D eigenvalue weighted by Crippen LogP contribution is -1.94. The van der Waals surface area contributed by atoms with Gasteiger partial charge in [-0.15, -0.1) is 0 Å². The number of nitrogens with one attached hydrogen (secondary N) is 1. The lowest BCUT2D eigenvalue weighted by molar-refractivity contribution is 0.340. The Hall–Kier alpha value is -2.40. The summed E-state index contributed by atoms with van der Waals surface area (Å²) in [5.74, 6) is 0.582. The van der Waals surface area contributed by atoms with E-state index in [9.17, 15) is 5.11 Å². The summed E-state index contributed by atoms with van der Waals surface area (Å²) < 4.78 is 10.2. The fourth-order valence-electron chi connectivity index (χ4n) is 1.72. The maximum Gasteiger partial charge on any atom is 0.200 e. The molecule has 2 aromatic rings. The van der Waals surface area contributed by atoms with Gasteiger partial charge in [0.15, 0.2) is 11.5 Å². The molecule has 2 aromatic carbocycles. The molecule has 0 unspecified atom stereocenters. The number of ether oxygens (including phenoxy) is 2. The Morgan fingerprint density at radius 2 is 1.76 bits per heavy atom. The highest BCUT2D eigenvalue weighted by Gasteiger charge is 2.10.